The van der Waals surface area contributed by atoms with Gasteiger partial charge in [-0.25, -0.2) is 0 Å². The number of hydrogen-bond acceptors (Lipinski definition) is 3. The smallest absolute Gasteiger partial charge is 0.0687 e. The Hall–Kier alpha value is -0.410. The maximum atomic E-state index is 4.68. The third-order valence-electron chi connectivity index (χ3n) is 1.12. The van der Waals surface area contributed by atoms with Gasteiger partial charge in [0.2, 0.25) is 0 Å². The molecule has 1 unspecified atom stereocenters. The summed E-state index contributed by atoms with van der Waals surface area (Å²) in [6.07, 6.45) is 2.94. The lowest BCUT2D eigenvalue weighted by Gasteiger charge is -2.03. The molecule has 0 saturated carbocycles. The van der Waals surface area contributed by atoms with Crippen LogP contribution in [-0.4, -0.2) is 25.9 Å². The summed E-state index contributed by atoms with van der Waals surface area (Å²) in [5, 5.41) is 0. The highest BCUT2D eigenvalue weighted by Gasteiger charge is 2.07. The molecule has 1 atom stereocenters. The summed E-state index contributed by atoms with van der Waals surface area (Å²) < 4.78 is 0. The first kappa shape index (κ1) is 5.72. The van der Waals surface area contributed by atoms with Crippen LogP contribution >= 0.6 is 0 Å². The summed E-state index contributed by atoms with van der Waals surface area (Å²) in [4.78, 5) is 8.70. The van der Waals surface area contributed by atoms with Gasteiger partial charge in [0, 0.05) is 12.8 Å². The van der Waals surface area contributed by atoms with E-state index < -0.39 is 0 Å². The molecule has 0 aromatic carbocycles. The van der Waals surface area contributed by atoms with Crippen molar-refractivity contribution in [1.29, 1.82) is 0 Å². The number of hydroxylamine groups is 1. The second-order valence-electron chi connectivity index (χ2n) is 1.77. The van der Waals surface area contributed by atoms with Crippen molar-refractivity contribution < 1.29 is 4.84 Å². The van der Waals surface area contributed by atoms with Gasteiger partial charge in [0.25, 0.3) is 0 Å². The summed E-state index contributed by atoms with van der Waals surface area (Å²) in [6.45, 7) is 0.932. The van der Waals surface area contributed by atoms with Crippen molar-refractivity contribution in [3.8, 4) is 0 Å². The highest BCUT2D eigenvalue weighted by molar-refractivity contribution is 5.66. The number of aliphatic imine (C=N–C) groups is 1. The molecule has 1 heterocycles. The van der Waals surface area contributed by atoms with Crippen LogP contribution in [-0.2, 0) is 4.84 Å². The standard InChI is InChI=1S/C5H10N2O/c1-8-7-5-2-3-6-4-5/h4-5,7H,2-3H2,1H3. The maximum Gasteiger partial charge on any atom is 0.0687 e. The molecule has 0 amide bonds. The van der Waals surface area contributed by atoms with E-state index in [0.717, 1.165) is 13.0 Å². The first-order valence-electron chi connectivity index (χ1n) is 2.72. The summed E-state index contributed by atoms with van der Waals surface area (Å²) in [5.74, 6) is 0. The average molecular weight is 114 g/mol. The Balaban J connectivity index is 2.16. The topological polar surface area (TPSA) is 33.6 Å². The van der Waals surface area contributed by atoms with Crippen molar-refractivity contribution >= 4 is 6.21 Å². The largest absolute Gasteiger partial charge is 0.304 e. The Kier molecular flexibility index (Phi) is 2.00. The van der Waals surface area contributed by atoms with Crippen LogP contribution < -0.4 is 5.48 Å². The molecule has 0 aliphatic carbocycles. The fourth-order valence-corrected chi connectivity index (χ4v) is 0.731. The van der Waals surface area contributed by atoms with Crippen LogP contribution in [0.25, 0.3) is 0 Å². The normalized spacial score (nSPS) is 26.9. The van der Waals surface area contributed by atoms with E-state index in [9.17, 15) is 0 Å². The van der Waals surface area contributed by atoms with Gasteiger partial charge in [0.05, 0.1) is 13.2 Å². The Bertz CT molecular complexity index is 92.4. The number of hydrogen-bond donors (Lipinski definition) is 1. The zero-order valence-corrected chi connectivity index (χ0v) is 4.92. The molecule has 0 aromatic rings. The van der Waals surface area contributed by atoms with Gasteiger partial charge in [-0.1, -0.05) is 0 Å². The molecule has 0 radical (unpaired) electrons. The number of rotatable bonds is 2. The molecular formula is C5H10N2O. The van der Waals surface area contributed by atoms with Crippen molar-refractivity contribution in [3.05, 3.63) is 0 Å². The van der Waals surface area contributed by atoms with E-state index in [-0.39, 0.29) is 0 Å². The van der Waals surface area contributed by atoms with Crippen LogP contribution in [0.3, 0.4) is 0 Å². The van der Waals surface area contributed by atoms with Crippen molar-refractivity contribution in [1.82, 2.24) is 5.48 Å². The predicted octanol–water partition coefficient (Wildman–Crippen LogP) is -0.0195. The van der Waals surface area contributed by atoms with Crippen molar-refractivity contribution in [2.45, 2.75) is 12.5 Å². The molecule has 0 bridgehead atoms. The maximum absolute atomic E-state index is 4.68. The zero-order valence-electron chi connectivity index (χ0n) is 4.92. The van der Waals surface area contributed by atoms with Gasteiger partial charge < -0.3 is 4.84 Å². The van der Waals surface area contributed by atoms with Crippen LogP contribution in [0.4, 0.5) is 0 Å². The molecule has 1 aliphatic heterocycles. The van der Waals surface area contributed by atoms with Gasteiger partial charge in [-0.15, -0.1) is 0 Å². The number of nitrogens with one attached hydrogen (secondary N) is 1. The molecule has 46 valence electrons. The minimum atomic E-state index is 0.347. The van der Waals surface area contributed by atoms with Gasteiger partial charge in [-0.3, -0.25) is 4.99 Å². The molecule has 1 rings (SSSR count). The van der Waals surface area contributed by atoms with Crippen molar-refractivity contribution in [2.75, 3.05) is 13.7 Å². The minimum Gasteiger partial charge on any atom is -0.304 e. The van der Waals surface area contributed by atoms with Crippen LogP contribution in [0.2, 0.25) is 0 Å². The minimum absolute atomic E-state index is 0.347. The lowest BCUT2D eigenvalue weighted by atomic mass is 10.3. The van der Waals surface area contributed by atoms with Crippen LogP contribution in [0, 0.1) is 0 Å². The van der Waals surface area contributed by atoms with Crippen molar-refractivity contribution in [2.24, 2.45) is 4.99 Å². The Morgan fingerprint density at radius 3 is 3.25 bits per heavy atom. The van der Waals surface area contributed by atoms with Gasteiger partial charge in [0.15, 0.2) is 0 Å². The second kappa shape index (κ2) is 2.79. The van der Waals surface area contributed by atoms with Gasteiger partial charge in [-0.2, -0.15) is 5.48 Å². The third-order valence-corrected chi connectivity index (χ3v) is 1.12. The molecule has 0 spiro atoms. The number of nitrogens with zero attached hydrogens (tertiary/aromatic N) is 1. The first-order chi connectivity index (χ1) is 3.93. The van der Waals surface area contributed by atoms with E-state index in [0.29, 0.717) is 6.04 Å². The van der Waals surface area contributed by atoms with E-state index in [1.54, 1.807) is 7.11 Å². The Morgan fingerprint density at radius 2 is 2.75 bits per heavy atom. The highest BCUT2D eigenvalue weighted by Crippen LogP contribution is 1.96. The van der Waals surface area contributed by atoms with E-state index in [4.69, 9.17) is 0 Å². The van der Waals surface area contributed by atoms with Crippen LogP contribution in [0.5, 0.6) is 0 Å². The van der Waals surface area contributed by atoms with Crippen LogP contribution in [0.15, 0.2) is 4.99 Å². The third kappa shape index (κ3) is 1.28. The van der Waals surface area contributed by atoms with Crippen molar-refractivity contribution in [3.63, 3.8) is 0 Å². The summed E-state index contributed by atoms with van der Waals surface area (Å²) >= 11 is 0. The highest BCUT2D eigenvalue weighted by atomic mass is 16.6. The zero-order chi connectivity index (χ0) is 5.82. The lowest BCUT2D eigenvalue weighted by Crippen LogP contribution is -2.26. The molecule has 3 heteroatoms. The SMILES string of the molecule is CONC1C=NCC1. The van der Waals surface area contributed by atoms with E-state index in [2.05, 4.69) is 15.3 Å². The summed E-state index contributed by atoms with van der Waals surface area (Å²) in [6, 6.07) is 0.347. The second-order valence-corrected chi connectivity index (χ2v) is 1.77. The quantitative estimate of drug-likeness (QED) is 0.512. The monoisotopic (exact) mass is 114 g/mol. The molecule has 0 saturated heterocycles. The molecule has 0 aromatic heterocycles. The fourth-order valence-electron chi connectivity index (χ4n) is 0.731. The predicted molar refractivity (Wildman–Crippen MR) is 31.9 cm³/mol. The summed E-state index contributed by atoms with van der Waals surface area (Å²) in [5.41, 5.74) is 2.80. The summed E-state index contributed by atoms with van der Waals surface area (Å²) in [7, 11) is 1.62. The molecule has 3 nitrogen and oxygen atoms in total. The molecule has 1 aliphatic rings. The average Bonchev–Trinajstić information content (AvgIpc) is 2.19. The first-order valence-corrected chi connectivity index (χ1v) is 2.72. The fraction of sp³-hybridized carbons (Fsp3) is 0.800. The Morgan fingerprint density at radius 1 is 1.88 bits per heavy atom. The van der Waals surface area contributed by atoms with Gasteiger partial charge >= 0.3 is 0 Å². The lowest BCUT2D eigenvalue weighted by molar-refractivity contribution is 0.0800. The molecule has 0 fully saturated rings. The molecule has 1 N–H and O–H groups in total. The van der Waals surface area contributed by atoms with E-state index in [1.807, 2.05) is 6.21 Å². The van der Waals surface area contributed by atoms with Gasteiger partial charge in [0.1, 0.15) is 0 Å². The van der Waals surface area contributed by atoms with Gasteiger partial charge in [-0.05, 0) is 6.42 Å². The Labute approximate surface area is 48.7 Å². The molecule has 8 heavy (non-hydrogen) atoms. The van der Waals surface area contributed by atoms with E-state index >= 15 is 0 Å². The van der Waals surface area contributed by atoms with E-state index in [1.165, 1.54) is 0 Å². The molecular weight excluding hydrogens is 104 g/mol. The van der Waals surface area contributed by atoms with Crippen LogP contribution in [0.1, 0.15) is 6.42 Å².